The van der Waals surface area contributed by atoms with Crippen LogP contribution >= 0.6 is 27.3 Å². The van der Waals surface area contributed by atoms with Crippen molar-refractivity contribution in [3.05, 3.63) is 87.1 Å². The van der Waals surface area contributed by atoms with Gasteiger partial charge in [0.05, 0.1) is 14.7 Å². The van der Waals surface area contributed by atoms with Crippen LogP contribution in [0.25, 0.3) is 10.2 Å². The molecule has 0 unspecified atom stereocenters. The van der Waals surface area contributed by atoms with Crippen molar-refractivity contribution in [2.75, 3.05) is 0 Å². The van der Waals surface area contributed by atoms with Crippen LogP contribution in [0.5, 0.6) is 0 Å². The van der Waals surface area contributed by atoms with Gasteiger partial charge in [-0.05, 0) is 46.1 Å². The number of hydrogen-bond acceptors (Lipinski definition) is 3. The maximum Gasteiger partial charge on any atom is 0.268 e. The molecule has 1 N–H and O–H groups in total. The fourth-order valence-electron chi connectivity index (χ4n) is 3.04. The molecule has 0 aliphatic rings. The number of nitrogens with zero attached hydrogens (tertiary/aromatic N) is 2. The Labute approximate surface area is 170 Å². The molecule has 1 amide bonds. The van der Waals surface area contributed by atoms with Crippen molar-refractivity contribution in [3.8, 4) is 0 Å². The normalized spacial score (nSPS) is 11.0. The highest BCUT2D eigenvalue weighted by Crippen LogP contribution is 2.33. The summed E-state index contributed by atoms with van der Waals surface area (Å²) in [6.45, 7) is 3.18. The lowest BCUT2D eigenvalue weighted by Gasteiger charge is -2.12. The van der Waals surface area contributed by atoms with E-state index in [4.69, 9.17) is 0 Å². The zero-order chi connectivity index (χ0) is 18.8. The minimum Gasteiger partial charge on any atom is -0.347 e. The molecular weight excluding hydrogens is 422 g/mol. The number of thiophene rings is 1. The molecule has 27 heavy (non-hydrogen) atoms. The average molecular weight is 440 g/mol. The third-order valence-corrected chi connectivity index (χ3v) is 6.27. The second-order valence-corrected chi connectivity index (χ2v) is 8.21. The van der Waals surface area contributed by atoms with Gasteiger partial charge in [0, 0.05) is 30.9 Å². The summed E-state index contributed by atoms with van der Waals surface area (Å²) in [7, 11) is 0. The van der Waals surface area contributed by atoms with Gasteiger partial charge in [-0.25, -0.2) is 0 Å². The van der Waals surface area contributed by atoms with Gasteiger partial charge in [0.2, 0.25) is 0 Å². The highest BCUT2D eigenvalue weighted by molar-refractivity contribution is 9.10. The maximum absolute atomic E-state index is 12.9. The number of fused-ring (bicyclic) bond motifs is 1. The number of hydrogen-bond donors (Lipinski definition) is 1. The molecule has 0 aliphatic heterocycles. The molecule has 4 aromatic rings. The molecule has 0 saturated carbocycles. The van der Waals surface area contributed by atoms with Gasteiger partial charge in [-0.3, -0.25) is 9.78 Å². The molecule has 0 bridgehead atoms. The number of carbonyl (C=O) groups excluding carboxylic acids is 1. The Morgan fingerprint density at radius 3 is 2.78 bits per heavy atom. The Morgan fingerprint density at radius 1 is 1.22 bits per heavy atom. The lowest BCUT2D eigenvalue weighted by molar-refractivity contribution is 0.0942. The molecule has 0 saturated heterocycles. The SMILES string of the molecule is Cc1ccc(Cn2c(C(=O)NCc3cccnc3)cc3scc(Br)c32)cc1. The third-order valence-electron chi connectivity index (χ3n) is 4.45. The van der Waals surface area contributed by atoms with Crippen LogP contribution in [0, 0.1) is 6.92 Å². The number of aryl methyl sites for hydroxylation is 1. The summed E-state index contributed by atoms with van der Waals surface area (Å²) in [6, 6.07) is 14.2. The highest BCUT2D eigenvalue weighted by atomic mass is 79.9. The third kappa shape index (κ3) is 3.82. The number of rotatable bonds is 5. The second-order valence-electron chi connectivity index (χ2n) is 6.44. The van der Waals surface area contributed by atoms with Crippen molar-refractivity contribution >= 4 is 43.4 Å². The van der Waals surface area contributed by atoms with Crippen molar-refractivity contribution < 1.29 is 4.79 Å². The first-order valence-electron chi connectivity index (χ1n) is 8.60. The molecule has 0 aliphatic carbocycles. The standard InChI is InChI=1S/C21H18BrN3OS/c1-14-4-6-15(7-5-14)12-25-18(9-19-20(25)17(22)13-27-19)21(26)24-11-16-3-2-8-23-10-16/h2-10,13H,11-12H2,1H3,(H,24,26). The van der Waals surface area contributed by atoms with Gasteiger partial charge < -0.3 is 9.88 Å². The maximum atomic E-state index is 12.9. The summed E-state index contributed by atoms with van der Waals surface area (Å²) >= 11 is 5.27. The van der Waals surface area contributed by atoms with E-state index in [1.165, 1.54) is 5.56 Å². The first-order chi connectivity index (χ1) is 13.1. The molecule has 6 heteroatoms. The first kappa shape index (κ1) is 17.9. The second kappa shape index (κ2) is 7.66. The Balaban J connectivity index is 1.65. The van der Waals surface area contributed by atoms with Crippen molar-refractivity contribution in [3.63, 3.8) is 0 Å². The first-order valence-corrected chi connectivity index (χ1v) is 10.3. The van der Waals surface area contributed by atoms with Crippen LogP contribution in [0.3, 0.4) is 0 Å². The fourth-order valence-corrected chi connectivity index (χ4v) is 4.73. The van der Waals surface area contributed by atoms with Crippen LogP contribution in [-0.2, 0) is 13.1 Å². The Morgan fingerprint density at radius 2 is 2.04 bits per heavy atom. The van der Waals surface area contributed by atoms with Gasteiger partial charge in [-0.2, -0.15) is 0 Å². The van der Waals surface area contributed by atoms with Gasteiger partial charge in [0.25, 0.3) is 5.91 Å². The van der Waals surface area contributed by atoms with E-state index >= 15 is 0 Å². The van der Waals surface area contributed by atoms with Crippen molar-refractivity contribution in [1.29, 1.82) is 0 Å². The zero-order valence-corrected chi connectivity index (χ0v) is 17.2. The lowest BCUT2D eigenvalue weighted by Crippen LogP contribution is -2.25. The minimum absolute atomic E-state index is 0.0822. The predicted octanol–water partition coefficient (Wildman–Crippen LogP) is 5.15. The summed E-state index contributed by atoms with van der Waals surface area (Å²) < 4.78 is 4.19. The molecule has 3 aromatic heterocycles. The number of aromatic nitrogens is 2. The number of amides is 1. The van der Waals surface area contributed by atoms with Crippen LogP contribution in [-0.4, -0.2) is 15.5 Å². The van der Waals surface area contributed by atoms with Crippen LogP contribution in [0.2, 0.25) is 0 Å². The largest absolute Gasteiger partial charge is 0.347 e. The Hall–Kier alpha value is -2.44. The summed E-state index contributed by atoms with van der Waals surface area (Å²) in [5.74, 6) is -0.0822. The summed E-state index contributed by atoms with van der Waals surface area (Å²) in [4.78, 5) is 17.0. The van der Waals surface area contributed by atoms with Crippen LogP contribution in [0.1, 0.15) is 27.2 Å². The highest BCUT2D eigenvalue weighted by Gasteiger charge is 2.19. The topological polar surface area (TPSA) is 46.9 Å². The monoisotopic (exact) mass is 439 g/mol. The van der Waals surface area contributed by atoms with Gasteiger partial charge >= 0.3 is 0 Å². The van der Waals surface area contributed by atoms with Crippen LogP contribution in [0.15, 0.2) is 64.7 Å². The van der Waals surface area contributed by atoms with E-state index in [-0.39, 0.29) is 5.91 Å². The summed E-state index contributed by atoms with van der Waals surface area (Å²) in [5, 5.41) is 5.07. The molecule has 3 heterocycles. The van der Waals surface area contributed by atoms with E-state index in [2.05, 4.69) is 67.4 Å². The Bertz CT molecular complexity index is 1080. The van der Waals surface area contributed by atoms with Gasteiger partial charge in [-0.1, -0.05) is 35.9 Å². The van der Waals surface area contributed by atoms with Gasteiger partial charge in [0.1, 0.15) is 5.69 Å². The van der Waals surface area contributed by atoms with E-state index in [9.17, 15) is 4.79 Å². The van der Waals surface area contributed by atoms with Crippen LogP contribution in [0.4, 0.5) is 0 Å². The molecule has 1 aromatic carbocycles. The number of nitrogens with one attached hydrogen (secondary N) is 1. The predicted molar refractivity (Wildman–Crippen MR) is 113 cm³/mol. The number of halogens is 1. The molecular formula is C21H18BrN3OS. The fraction of sp³-hybridized carbons (Fsp3) is 0.143. The molecule has 0 atom stereocenters. The zero-order valence-electron chi connectivity index (χ0n) is 14.8. The summed E-state index contributed by atoms with van der Waals surface area (Å²) in [5.41, 5.74) is 5.10. The van der Waals surface area contributed by atoms with Crippen molar-refractivity contribution in [2.45, 2.75) is 20.0 Å². The Kier molecular flexibility index (Phi) is 5.09. The molecule has 4 rings (SSSR count). The number of benzene rings is 1. The van der Waals surface area contributed by atoms with Gasteiger partial charge in [0.15, 0.2) is 0 Å². The molecule has 0 spiro atoms. The van der Waals surface area contributed by atoms with E-state index in [0.29, 0.717) is 18.8 Å². The number of carbonyl (C=O) groups is 1. The van der Waals surface area contributed by atoms with E-state index < -0.39 is 0 Å². The van der Waals surface area contributed by atoms with Crippen molar-refractivity contribution in [1.82, 2.24) is 14.9 Å². The minimum atomic E-state index is -0.0822. The van der Waals surface area contributed by atoms with E-state index in [1.807, 2.05) is 18.2 Å². The van der Waals surface area contributed by atoms with Crippen molar-refractivity contribution in [2.24, 2.45) is 0 Å². The van der Waals surface area contributed by atoms with Gasteiger partial charge in [-0.15, -0.1) is 11.3 Å². The number of pyridine rings is 1. The molecule has 4 nitrogen and oxygen atoms in total. The summed E-state index contributed by atoms with van der Waals surface area (Å²) in [6.07, 6.45) is 3.49. The molecule has 0 fully saturated rings. The van der Waals surface area contributed by atoms with E-state index in [0.717, 1.165) is 25.8 Å². The molecule has 136 valence electrons. The quantitative estimate of drug-likeness (QED) is 0.467. The lowest BCUT2D eigenvalue weighted by atomic mass is 10.1. The molecule has 0 radical (unpaired) electrons. The smallest absolute Gasteiger partial charge is 0.268 e. The average Bonchev–Trinajstić information content (AvgIpc) is 3.23. The van der Waals surface area contributed by atoms with E-state index in [1.54, 1.807) is 23.7 Å². The van der Waals surface area contributed by atoms with Crippen LogP contribution < -0.4 is 5.32 Å².